The van der Waals surface area contributed by atoms with Crippen molar-refractivity contribution >= 4 is 16.4 Å². The molecule has 0 unspecified atom stereocenters. The van der Waals surface area contributed by atoms with Crippen LogP contribution in [-0.4, -0.2) is 41.6 Å². The quantitative estimate of drug-likeness (QED) is 0.882. The molecule has 7 nitrogen and oxygen atoms in total. The number of hydrogen-bond acceptors (Lipinski definition) is 5. The van der Waals surface area contributed by atoms with Crippen molar-refractivity contribution in [2.45, 2.75) is 25.1 Å². The molecule has 1 fully saturated rings. The molecule has 122 valence electrons. The number of pyridine rings is 1. The second-order valence-electron chi connectivity index (χ2n) is 4.65. The number of amides is 1. The van der Waals surface area contributed by atoms with E-state index in [0.717, 1.165) is 18.3 Å². The average Bonchev–Trinajstić information content (AvgIpc) is 2.72. The van der Waals surface area contributed by atoms with E-state index in [2.05, 4.69) is 9.17 Å². The Labute approximate surface area is 123 Å². The first-order chi connectivity index (χ1) is 10.0. The molecule has 2 rings (SSSR count). The van der Waals surface area contributed by atoms with Gasteiger partial charge in [0, 0.05) is 12.1 Å². The molecular formula is C11H11F3N2O5S. The van der Waals surface area contributed by atoms with Gasteiger partial charge < -0.3 is 5.11 Å². The topological polar surface area (TPSA) is 96.8 Å². The number of alkyl halides is 3. The van der Waals surface area contributed by atoms with E-state index in [1.54, 1.807) is 0 Å². The van der Waals surface area contributed by atoms with Crippen molar-refractivity contribution in [3.05, 3.63) is 29.6 Å². The molecule has 1 aliphatic heterocycles. The summed E-state index contributed by atoms with van der Waals surface area (Å²) in [5.74, 6) is -0.719. The van der Waals surface area contributed by atoms with Gasteiger partial charge in [-0.1, -0.05) is 13.0 Å². The molecule has 1 aromatic heterocycles. The van der Waals surface area contributed by atoms with Gasteiger partial charge in [-0.15, -0.1) is 0 Å². The Kier molecular flexibility index (Phi) is 4.04. The maximum atomic E-state index is 12.4. The van der Waals surface area contributed by atoms with Gasteiger partial charge in [-0.3, -0.25) is 9.17 Å². The zero-order valence-electron chi connectivity index (χ0n) is 11.1. The molecule has 0 radical (unpaired) electrons. The minimum atomic E-state index is -4.59. The summed E-state index contributed by atoms with van der Waals surface area (Å²) < 4.78 is 64.9. The van der Waals surface area contributed by atoms with E-state index in [1.165, 1.54) is 6.92 Å². The van der Waals surface area contributed by atoms with Gasteiger partial charge in [0.25, 0.3) is 0 Å². The van der Waals surface area contributed by atoms with E-state index in [4.69, 9.17) is 5.11 Å². The Morgan fingerprint density at radius 2 is 2.14 bits per heavy atom. The highest BCUT2D eigenvalue weighted by Gasteiger charge is 2.45. The van der Waals surface area contributed by atoms with E-state index in [-0.39, 0.29) is 9.87 Å². The van der Waals surface area contributed by atoms with Crippen LogP contribution in [-0.2, 0) is 20.7 Å². The Morgan fingerprint density at radius 3 is 2.59 bits per heavy atom. The molecule has 1 aromatic rings. The normalized spacial score (nSPS) is 22.5. The minimum Gasteiger partial charge on any atom is -0.464 e. The fraction of sp³-hybridized carbons (Fsp3) is 0.455. The van der Waals surface area contributed by atoms with Crippen molar-refractivity contribution in [2.24, 2.45) is 0 Å². The van der Waals surface area contributed by atoms with Crippen LogP contribution in [0.4, 0.5) is 18.0 Å². The van der Waals surface area contributed by atoms with Gasteiger partial charge >= 0.3 is 22.6 Å². The maximum Gasteiger partial charge on any atom is 0.433 e. The van der Waals surface area contributed by atoms with Gasteiger partial charge in [0.2, 0.25) is 0 Å². The molecule has 1 N–H and O–H groups in total. The van der Waals surface area contributed by atoms with Gasteiger partial charge in [0.1, 0.15) is 5.69 Å². The lowest BCUT2D eigenvalue weighted by atomic mass is 9.95. The number of halogens is 3. The summed E-state index contributed by atoms with van der Waals surface area (Å²) in [5.41, 5.74) is -0.821. The molecule has 0 aliphatic carbocycles. The highest BCUT2D eigenvalue weighted by molar-refractivity contribution is 7.85. The third-order valence-corrected chi connectivity index (χ3v) is 4.64. The predicted octanol–water partition coefficient (Wildman–Crippen LogP) is 1.83. The van der Waals surface area contributed by atoms with Crippen molar-refractivity contribution < 1.29 is 35.7 Å². The first-order valence-corrected chi connectivity index (χ1v) is 7.35. The standard InChI is InChI=1S/C11H11F3N2O5S/c1-6(7-2-3-9(15-4-7)11(12,13)14)8-5-21-22(19,20)16(8)10(17)18/h2-4,6,8H,5H2,1H3,(H,17,18)/t6-,8+/m0/s1. The number of carbonyl (C=O) groups is 1. The number of hydrogen-bond donors (Lipinski definition) is 1. The third kappa shape index (κ3) is 2.99. The molecule has 11 heteroatoms. The van der Waals surface area contributed by atoms with Gasteiger partial charge in [-0.2, -0.15) is 25.9 Å². The summed E-state index contributed by atoms with van der Waals surface area (Å²) in [5, 5.41) is 8.97. The molecule has 2 atom stereocenters. The van der Waals surface area contributed by atoms with Crippen LogP contribution in [0.5, 0.6) is 0 Å². The third-order valence-electron chi connectivity index (χ3n) is 3.30. The van der Waals surface area contributed by atoms with Gasteiger partial charge in [0.15, 0.2) is 0 Å². The van der Waals surface area contributed by atoms with Crippen molar-refractivity contribution in [2.75, 3.05) is 6.61 Å². The van der Waals surface area contributed by atoms with Crippen LogP contribution in [0.2, 0.25) is 0 Å². The summed E-state index contributed by atoms with van der Waals surface area (Å²) in [6.45, 7) is 1.08. The number of aromatic nitrogens is 1. The maximum absolute atomic E-state index is 12.4. The Hall–Kier alpha value is -1.88. The highest BCUT2D eigenvalue weighted by Crippen LogP contribution is 2.32. The van der Waals surface area contributed by atoms with Crippen LogP contribution in [0.1, 0.15) is 24.1 Å². The molecule has 2 heterocycles. The van der Waals surface area contributed by atoms with Crippen LogP contribution >= 0.6 is 0 Å². The lowest BCUT2D eigenvalue weighted by Gasteiger charge is -2.23. The molecule has 0 spiro atoms. The molecule has 0 saturated carbocycles. The molecular weight excluding hydrogens is 329 g/mol. The fourth-order valence-electron chi connectivity index (χ4n) is 2.10. The lowest BCUT2D eigenvalue weighted by molar-refractivity contribution is -0.141. The summed E-state index contributed by atoms with van der Waals surface area (Å²) in [6, 6.07) is 0.813. The largest absolute Gasteiger partial charge is 0.464 e. The van der Waals surface area contributed by atoms with Gasteiger partial charge in [-0.05, 0) is 11.6 Å². The summed E-state index contributed by atoms with van der Waals surface area (Å²) in [7, 11) is -4.39. The zero-order valence-corrected chi connectivity index (χ0v) is 11.9. The van der Waals surface area contributed by atoms with Crippen LogP contribution in [0.3, 0.4) is 0 Å². The molecule has 0 aromatic carbocycles. The number of carboxylic acid groups (broad SMARTS) is 1. The Bertz CT molecular complexity index is 674. The zero-order chi connectivity index (χ0) is 16.7. The van der Waals surface area contributed by atoms with Crippen molar-refractivity contribution in [1.82, 2.24) is 9.29 Å². The van der Waals surface area contributed by atoms with E-state index < -0.39 is 46.8 Å². The fourth-order valence-corrected chi connectivity index (χ4v) is 3.29. The highest BCUT2D eigenvalue weighted by atomic mass is 32.2. The van der Waals surface area contributed by atoms with Crippen molar-refractivity contribution in [3.63, 3.8) is 0 Å². The summed E-state index contributed by atoms with van der Waals surface area (Å²) in [6.07, 6.45) is -5.36. The second kappa shape index (κ2) is 5.39. The molecule has 1 aliphatic rings. The van der Waals surface area contributed by atoms with E-state index >= 15 is 0 Å². The molecule has 1 amide bonds. The van der Waals surface area contributed by atoms with Crippen molar-refractivity contribution in [3.8, 4) is 0 Å². The Morgan fingerprint density at radius 1 is 1.50 bits per heavy atom. The summed E-state index contributed by atoms with van der Waals surface area (Å²) >= 11 is 0. The second-order valence-corrected chi connectivity index (χ2v) is 6.14. The van der Waals surface area contributed by atoms with E-state index in [9.17, 15) is 26.4 Å². The number of nitrogens with zero attached hydrogens (tertiary/aromatic N) is 2. The smallest absolute Gasteiger partial charge is 0.433 e. The molecule has 0 bridgehead atoms. The average molecular weight is 340 g/mol. The Balaban J connectivity index is 2.28. The van der Waals surface area contributed by atoms with Crippen LogP contribution in [0.25, 0.3) is 0 Å². The summed E-state index contributed by atoms with van der Waals surface area (Å²) in [4.78, 5) is 14.3. The van der Waals surface area contributed by atoms with Gasteiger partial charge in [-0.25, -0.2) is 4.79 Å². The number of rotatable bonds is 2. The SMILES string of the molecule is C[C@@H](c1ccc(C(F)(F)F)nc1)[C@H]1COS(=O)(=O)N1C(=O)O. The van der Waals surface area contributed by atoms with E-state index in [1.807, 2.05) is 0 Å². The first kappa shape index (κ1) is 16.5. The minimum absolute atomic E-state index is 0.162. The van der Waals surface area contributed by atoms with Gasteiger partial charge in [0.05, 0.1) is 12.6 Å². The van der Waals surface area contributed by atoms with Crippen LogP contribution < -0.4 is 0 Å². The lowest BCUT2D eigenvalue weighted by Crippen LogP contribution is -2.41. The monoisotopic (exact) mass is 340 g/mol. The van der Waals surface area contributed by atoms with Crippen LogP contribution in [0.15, 0.2) is 18.3 Å². The van der Waals surface area contributed by atoms with Crippen molar-refractivity contribution in [1.29, 1.82) is 0 Å². The molecule has 1 saturated heterocycles. The van der Waals surface area contributed by atoms with E-state index in [0.29, 0.717) is 0 Å². The predicted molar refractivity (Wildman–Crippen MR) is 66.2 cm³/mol. The molecule has 22 heavy (non-hydrogen) atoms. The van der Waals surface area contributed by atoms with Crippen LogP contribution in [0, 0.1) is 0 Å². The first-order valence-electron chi connectivity index (χ1n) is 5.99.